The van der Waals surface area contributed by atoms with Gasteiger partial charge in [0.25, 0.3) is 0 Å². The van der Waals surface area contributed by atoms with Crippen LogP contribution in [0.25, 0.3) is 0 Å². The summed E-state index contributed by atoms with van der Waals surface area (Å²) in [6.07, 6.45) is 2.72. The molecule has 2 rings (SSSR count). The van der Waals surface area contributed by atoms with Crippen LogP contribution in [0, 0.1) is 5.41 Å². The molecule has 0 amide bonds. The molecule has 0 spiro atoms. The van der Waals surface area contributed by atoms with Crippen molar-refractivity contribution in [2.75, 3.05) is 30.3 Å². The molecule has 0 bridgehead atoms. The van der Waals surface area contributed by atoms with Crippen molar-refractivity contribution < 1.29 is 0 Å². The first-order chi connectivity index (χ1) is 8.53. The van der Waals surface area contributed by atoms with Crippen molar-refractivity contribution in [1.82, 2.24) is 15.3 Å². The highest BCUT2D eigenvalue weighted by Gasteiger charge is 2.16. The highest BCUT2D eigenvalue weighted by molar-refractivity contribution is 5.47. The Balaban J connectivity index is 1.82. The Morgan fingerprint density at radius 1 is 1.28 bits per heavy atom. The van der Waals surface area contributed by atoms with Gasteiger partial charge in [0, 0.05) is 25.7 Å². The highest BCUT2D eigenvalue weighted by Crippen LogP contribution is 2.18. The van der Waals surface area contributed by atoms with Crippen molar-refractivity contribution in [3.05, 3.63) is 12.4 Å². The van der Waals surface area contributed by atoms with Gasteiger partial charge in [0.05, 0.1) is 6.04 Å². The van der Waals surface area contributed by atoms with Gasteiger partial charge in [0.1, 0.15) is 18.0 Å². The normalized spacial score (nSPS) is 16.2. The van der Waals surface area contributed by atoms with Crippen LogP contribution < -0.4 is 16.0 Å². The second-order valence-electron chi connectivity index (χ2n) is 6.03. The molecule has 1 aliphatic rings. The Bertz CT molecular complexity index is 381. The maximum Gasteiger partial charge on any atom is 0.131 e. The zero-order chi connectivity index (χ0) is 13.0. The van der Waals surface area contributed by atoms with Crippen LogP contribution in [0.15, 0.2) is 12.4 Å². The van der Waals surface area contributed by atoms with E-state index < -0.39 is 0 Å². The third kappa shape index (κ3) is 4.14. The highest BCUT2D eigenvalue weighted by atomic mass is 15.1. The Morgan fingerprint density at radius 3 is 2.61 bits per heavy atom. The summed E-state index contributed by atoms with van der Waals surface area (Å²) in [6, 6.07) is 2.48. The molecular formula is C13H23N5. The Labute approximate surface area is 109 Å². The third-order valence-electron chi connectivity index (χ3n) is 2.98. The molecule has 1 aromatic rings. The van der Waals surface area contributed by atoms with E-state index in [4.69, 9.17) is 0 Å². The first-order valence-corrected chi connectivity index (χ1v) is 6.56. The molecule has 1 saturated heterocycles. The molecule has 1 aromatic heterocycles. The van der Waals surface area contributed by atoms with Crippen LogP contribution in [0.1, 0.15) is 27.2 Å². The lowest BCUT2D eigenvalue weighted by Gasteiger charge is -2.28. The predicted molar refractivity (Wildman–Crippen MR) is 74.9 cm³/mol. The van der Waals surface area contributed by atoms with Gasteiger partial charge in [0.15, 0.2) is 0 Å². The lowest BCUT2D eigenvalue weighted by Crippen LogP contribution is -2.51. The predicted octanol–water partition coefficient (Wildman–Crippen LogP) is 1.71. The van der Waals surface area contributed by atoms with E-state index in [1.54, 1.807) is 6.33 Å². The molecule has 5 nitrogen and oxygen atoms in total. The maximum atomic E-state index is 4.23. The fourth-order valence-corrected chi connectivity index (χ4v) is 1.70. The largest absolute Gasteiger partial charge is 0.370 e. The van der Waals surface area contributed by atoms with Gasteiger partial charge >= 0.3 is 0 Å². The van der Waals surface area contributed by atoms with Gasteiger partial charge in [-0.2, -0.15) is 0 Å². The van der Waals surface area contributed by atoms with Crippen LogP contribution in [0.4, 0.5) is 11.6 Å². The summed E-state index contributed by atoms with van der Waals surface area (Å²) in [5.41, 5.74) is 0.346. The van der Waals surface area contributed by atoms with E-state index in [9.17, 15) is 0 Å². The number of aromatic nitrogens is 2. The second kappa shape index (κ2) is 5.52. The van der Waals surface area contributed by atoms with Crippen molar-refractivity contribution in [2.45, 2.75) is 33.2 Å². The van der Waals surface area contributed by atoms with Gasteiger partial charge in [-0.3, -0.25) is 0 Å². The molecule has 18 heavy (non-hydrogen) atoms. The summed E-state index contributed by atoms with van der Waals surface area (Å²) in [6.45, 7) is 9.68. The van der Waals surface area contributed by atoms with Gasteiger partial charge in [-0.25, -0.2) is 9.97 Å². The van der Waals surface area contributed by atoms with Gasteiger partial charge in [-0.15, -0.1) is 0 Å². The van der Waals surface area contributed by atoms with E-state index in [-0.39, 0.29) is 0 Å². The molecule has 100 valence electrons. The molecule has 0 radical (unpaired) electrons. The number of nitrogens with zero attached hydrogens (tertiary/aromatic N) is 2. The Kier molecular flexibility index (Phi) is 4.01. The first-order valence-electron chi connectivity index (χ1n) is 6.56. The number of anilines is 2. The number of nitrogens with one attached hydrogen (secondary N) is 3. The SMILES string of the molecule is CC(C)(C)CCNc1cc(NC2CNC2)ncn1. The van der Waals surface area contributed by atoms with Gasteiger partial charge in [-0.1, -0.05) is 20.8 Å². The summed E-state index contributed by atoms with van der Waals surface area (Å²) in [5, 5.41) is 9.94. The van der Waals surface area contributed by atoms with Crippen molar-refractivity contribution >= 4 is 11.6 Å². The topological polar surface area (TPSA) is 61.9 Å². The molecule has 1 aliphatic heterocycles. The van der Waals surface area contributed by atoms with E-state index in [0.29, 0.717) is 11.5 Å². The molecule has 0 unspecified atom stereocenters. The smallest absolute Gasteiger partial charge is 0.131 e. The van der Waals surface area contributed by atoms with Crippen LogP contribution in [0.2, 0.25) is 0 Å². The summed E-state index contributed by atoms with van der Waals surface area (Å²) in [7, 11) is 0. The minimum Gasteiger partial charge on any atom is -0.370 e. The van der Waals surface area contributed by atoms with E-state index in [1.165, 1.54) is 0 Å². The molecule has 3 N–H and O–H groups in total. The van der Waals surface area contributed by atoms with Crippen LogP contribution in [-0.2, 0) is 0 Å². The van der Waals surface area contributed by atoms with Crippen LogP contribution in [-0.4, -0.2) is 35.6 Å². The minimum absolute atomic E-state index is 0.346. The Hall–Kier alpha value is -1.36. The van der Waals surface area contributed by atoms with Crippen molar-refractivity contribution in [2.24, 2.45) is 5.41 Å². The molecular weight excluding hydrogens is 226 g/mol. The summed E-state index contributed by atoms with van der Waals surface area (Å²) in [4.78, 5) is 8.46. The van der Waals surface area contributed by atoms with Crippen LogP contribution >= 0.6 is 0 Å². The number of hydrogen-bond donors (Lipinski definition) is 3. The Morgan fingerprint density at radius 2 is 2.00 bits per heavy atom. The lowest BCUT2D eigenvalue weighted by atomic mass is 9.92. The lowest BCUT2D eigenvalue weighted by molar-refractivity contribution is 0.389. The van der Waals surface area contributed by atoms with Gasteiger partial charge in [0.2, 0.25) is 0 Å². The molecule has 0 aromatic carbocycles. The fourth-order valence-electron chi connectivity index (χ4n) is 1.70. The zero-order valence-corrected chi connectivity index (χ0v) is 11.5. The molecule has 0 saturated carbocycles. The summed E-state index contributed by atoms with van der Waals surface area (Å²) in [5.74, 6) is 1.79. The maximum absolute atomic E-state index is 4.23. The monoisotopic (exact) mass is 249 g/mol. The van der Waals surface area contributed by atoms with E-state index >= 15 is 0 Å². The first kappa shape index (κ1) is 13.1. The molecule has 5 heteroatoms. The fraction of sp³-hybridized carbons (Fsp3) is 0.692. The van der Waals surface area contributed by atoms with E-state index in [0.717, 1.165) is 37.7 Å². The second-order valence-corrected chi connectivity index (χ2v) is 6.03. The zero-order valence-electron chi connectivity index (χ0n) is 11.5. The number of hydrogen-bond acceptors (Lipinski definition) is 5. The number of rotatable bonds is 5. The molecule has 2 heterocycles. The van der Waals surface area contributed by atoms with E-state index in [1.807, 2.05) is 6.07 Å². The van der Waals surface area contributed by atoms with Crippen LogP contribution in [0.5, 0.6) is 0 Å². The average Bonchev–Trinajstić information content (AvgIpc) is 2.22. The molecule has 0 aliphatic carbocycles. The van der Waals surface area contributed by atoms with Crippen LogP contribution in [0.3, 0.4) is 0 Å². The van der Waals surface area contributed by atoms with Gasteiger partial charge < -0.3 is 16.0 Å². The van der Waals surface area contributed by atoms with Gasteiger partial charge in [-0.05, 0) is 11.8 Å². The summed E-state index contributed by atoms with van der Waals surface area (Å²) < 4.78 is 0. The quantitative estimate of drug-likeness (QED) is 0.741. The average molecular weight is 249 g/mol. The van der Waals surface area contributed by atoms with E-state index in [2.05, 4.69) is 46.7 Å². The third-order valence-corrected chi connectivity index (χ3v) is 2.98. The molecule has 1 fully saturated rings. The summed E-state index contributed by atoms with van der Waals surface area (Å²) >= 11 is 0. The van der Waals surface area contributed by atoms with Crippen molar-refractivity contribution in [3.8, 4) is 0 Å². The standard InChI is InChI=1S/C13H23N5/c1-13(2,3)4-5-15-11-6-12(17-9-16-11)18-10-7-14-8-10/h6,9-10,14H,4-5,7-8H2,1-3H3,(H2,15,16,17,18). The van der Waals surface area contributed by atoms with Crippen molar-refractivity contribution in [3.63, 3.8) is 0 Å². The molecule has 0 atom stereocenters. The minimum atomic E-state index is 0.346. The van der Waals surface area contributed by atoms with Crippen molar-refractivity contribution in [1.29, 1.82) is 0 Å².